The molecule has 3 saturated heterocycles. The van der Waals surface area contributed by atoms with Gasteiger partial charge < -0.3 is 24.5 Å². The average molecular weight is 620 g/mol. The molecule has 2 aromatic carbocycles. The highest BCUT2D eigenvalue weighted by molar-refractivity contribution is 6.34. The van der Waals surface area contributed by atoms with E-state index in [2.05, 4.69) is 13.2 Å². The van der Waals surface area contributed by atoms with Crippen LogP contribution in [0.5, 0.6) is 0 Å². The Hall–Kier alpha value is -3.46. The number of amides is 3. The van der Waals surface area contributed by atoms with E-state index in [0.29, 0.717) is 36.6 Å². The quantitative estimate of drug-likeness (QED) is 0.343. The first-order valence-corrected chi connectivity index (χ1v) is 15.7. The third kappa shape index (κ3) is 4.97. The third-order valence-electron chi connectivity index (χ3n) is 9.93. The molecule has 3 aliphatic rings. The van der Waals surface area contributed by atoms with E-state index in [4.69, 9.17) is 16.3 Å². The van der Waals surface area contributed by atoms with Gasteiger partial charge in [-0.05, 0) is 43.4 Å². The smallest absolute Gasteiger partial charge is 0.253 e. The van der Waals surface area contributed by atoms with Crippen LogP contribution in [0.1, 0.15) is 39.2 Å². The van der Waals surface area contributed by atoms with Crippen LogP contribution in [0.15, 0.2) is 79.9 Å². The molecule has 0 saturated carbocycles. The van der Waals surface area contributed by atoms with Crippen LogP contribution < -0.4 is 4.90 Å². The molecular formula is C35H42ClN3O5. The number of aliphatic hydroxyl groups excluding tert-OH is 1. The molecular weight excluding hydrogens is 578 g/mol. The summed E-state index contributed by atoms with van der Waals surface area (Å²) in [6, 6.07) is 15.0. The van der Waals surface area contributed by atoms with Crippen molar-refractivity contribution in [3.8, 4) is 0 Å². The molecule has 5 rings (SSSR count). The molecule has 3 unspecified atom stereocenters. The molecule has 7 atom stereocenters. The first-order chi connectivity index (χ1) is 21.1. The number of anilines is 1. The molecule has 2 bridgehead atoms. The molecule has 9 heteroatoms. The molecule has 0 aliphatic carbocycles. The van der Waals surface area contributed by atoms with Crippen molar-refractivity contribution in [1.82, 2.24) is 9.80 Å². The summed E-state index contributed by atoms with van der Waals surface area (Å²) in [6.45, 7) is 14.0. The van der Waals surface area contributed by atoms with Gasteiger partial charge in [0.25, 0.3) is 5.91 Å². The van der Waals surface area contributed by atoms with Crippen LogP contribution in [-0.4, -0.2) is 75.6 Å². The van der Waals surface area contributed by atoms with E-state index in [0.717, 1.165) is 5.56 Å². The van der Waals surface area contributed by atoms with Crippen LogP contribution >= 0.6 is 11.6 Å². The van der Waals surface area contributed by atoms with Crippen molar-refractivity contribution < 1.29 is 24.2 Å². The summed E-state index contributed by atoms with van der Waals surface area (Å²) in [5, 5.41) is 10.8. The van der Waals surface area contributed by atoms with Crippen molar-refractivity contribution in [3.63, 3.8) is 0 Å². The Morgan fingerprint density at radius 2 is 1.77 bits per heavy atom. The molecule has 1 N–H and O–H groups in total. The topological polar surface area (TPSA) is 90.4 Å². The van der Waals surface area contributed by atoms with E-state index in [9.17, 15) is 19.5 Å². The number of halogens is 1. The van der Waals surface area contributed by atoms with Crippen LogP contribution in [0.2, 0.25) is 5.02 Å². The second-order valence-electron chi connectivity index (χ2n) is 12.4. The lowest BCUT2D eigenvalue weighted by Crippen LogP contribution is -2.59. The average Bonchev–Trinajstić information content (AvgIpc) is 3.53. The van der Waals surface area contributed by atoms with Crippen LogP contribution in [-0.2, 0) is 25.7 Å². The van der Waals surface area contributed by atoms with E-state index < -0.39 is 35.1 Å². The molecule has 44 heavy (non-hydrogen) atoms. The Morgan fingerprint density at radius 3 is 2.39 bits per heavy atom. The van der Waals surface area contributed by atoms with E-state index in [-0.39, 0.29) is 36.8 Å². The predicted octanol–water partition coefficient (Wildman–Crippen LogP) is 4.86. The Bertz CT molecular complexity index is 1430. The summed E-state index contributed by atoms with van der Waals surface area (Å²) in [7, 11) is 0. The Kier molecular flexibility index (Phi) is 9.08. The monoisotopic (exact) mass is 619 g/mol. The van der Waals surface area contributed by atoms with Crippen molar-refractivity contribution in [2.45, 2.75) is 63.4 Å². The zero-order valence-electron chi connectivity index (χ0n) is 25.7. The lowest BCUT2D eigenvalue weighted by atomic mass is 9.62. The van der Waals surface area contributed by atoms with Gasteiger partial charge in [0.2, 0.25) is 11.8 Å². The molecule has 0 aromatic heterocycles. The molecule has 3 heterocycles. The summed E-state index contributed by atoms with van der Waals surface area (Å²) in [6.07, 6.45) is 4.13. The van der Waals surface area contributed by atoms with Crippen molar-refractivity contribution in [3.05, 3.63) is 90.5 Å². The van der Waals surface area contributed by atoms with Crippen molar-refractivity contribution in [1.29, 1.82) is 0 Å². The lowest BCUT2D eigenvalue weighted by Gasteiger charge is -2.39. The van der Waals surface area contributed by atoms with Gasteiger partial charge in [0, 0.05) is 19.6 Å². The molecule has 3 aliphatic heterocycles. The number of hydrogen-bond donors (Lipinski definition) is 1. The van der Waals surface area contributed by atoms with E-state index in [1.54, 1.807) is 41.3 Å². The molecule has 0 radical (unpaired) electrons. The highest BCUT2D eigenvalue weighted by atomic mass is 35.5. The number of hydrogen-bond acceptors (Lipinski definition) is 5. The van der Waals surface area contributed by atoms with Crippen molar-refractivity contribution in [2.24, 2.45) is 17.8 Å². The molecule has 2 aromatic rings. The molecule has 1 spiro atoms. The minimum absolute atomic E-state index is 0.125. The zero-order valence-corrected chi connectivity index (χ0v) is 26.5. The number of carbonyl (C=O) groups excluding carboxylic acids is 3. The lowest BCUT2D eigenvalue weighted by molar-refractivity contribution is -0.154. The van der Waals surface area contributed by atoms with Gasteiger partial charge in [0.05, 0.1) is 40.8 Å². The summed E-state index contributed by atoms with van der Waals surface area (Å²) in [4.78, 5) is 48.8. The minimum atomic E-state index is -1.27. The Labute approximate surface area is 264 Å². The van der Waals surface area contributed by atoms with Crippen LogP contribution in [0, 0.1) is 17.8 Å². The molecule has 234 valence electrons. The number of aliphatic hydroxyl groups is 1. The van der Waals surface area contributed by atoms with Crippen LogP contribution in [0.4, 0.5) is 5.69 Å². The maximum atomic E-state index is 14.8. The number of fused-ring (bicyclic) bond motifs is 1. The summed E-state index contributed by atoms with van der Waals surface area (Å²) >= 11 is 6.58. The molecule has 3 amide bonds. The normalized spacial score (nSPS) is 29.3. The first-order valence-electron chi connectivity index (χ1n) is 15.3. The van der Waals surface area contributed by atoms with Crippen molar-refractivity contribution >= 4 is 35.0 Å². The van der Waals surface area contributed by atoms with Gasteiger partial charge in [-0.25, -0.2) is 0 Å². The summed E-state index contributed by atoms with van der Waals surface area (Å²) in [5.41, 5.74) is -0.799. The molecule has 8 nitrogen and oxygen atoms in total. The number of ether oxygens (including phenoxy) is 1. The minimum Gasteiger partial charge on any atom is -0.394 e. The fraction of sp³-hybridized carbons (Fsp3) is 0.457. The van der Waals surface area contributed by atoms with Gasteiger partial charge in [-0.15, -0.1) is 13.2 Å². The largest absolute Gasteiger partial charge is 0.394 e. The highest BCUT2D eigenvalue weighted by Crippen LogP contribution is 2.66. The number of nitrogens with zero attached hydrogens (tertiary/aromatic N) is 3. The van der Waals surface area contributed by atoms with Crippen LogP contribution in [0.25, 0.3) is 0 Å². The van der Waals surface area contributed by atoms with Gasteiger partial charge in [-0.1, -0.05) is 80.1 Å². The maximum absolute atomic E-state index is 14.8. The molecule has 3 fully saturated rings. The number of carbonyl (C=O) groups is 3. The van der Waals surface area contributed by atoms with Gasteiger partial charge in [0.15, 0.2) is 0 Å². The predicted molar refractivity (Wildman–Crippen MR) is 171 cm³/mol. The number of rotatable bonds is 12. The van der Waals surface area contributed by atoms with Gasteiger partial charge in [-0.3, -0.25) is 14.4 Å². The van der Waals surface area contributed by atoms with Gasteiger partial charge >= 0.3 is 0 Å². The number of likely N-dealkylation sites (tertiary alicyclic amines) is 1. The SMILES string of the molecule is C=CCN(Cc1ccccc1)C(=O)[C@H]1[C@H]2C(=O)N([C@@H](CC)CO)C(C(=O)N(CC=C)c3ccccc3Cl)C23CC(C)[C@]1(C)O3. The zero-order chi connectivity index (χ0) is 31.8. The number of benzene rings is 2. The number of para-hydroxylation sites is 1. The van der Waals surface area contributed by atoms with E-state index >= 15 is 0 Å². The Balaban J connectivity index is 1.63. The Morgan fingerprint density at radius 1 is 1.11 bits per heavy atom. The van der Waals surface area contributed by atoms with E-state index in [1.165, 1.54) is 9.80 Å². The second-order valence-corrected chi connectivity index (χ2v) is 12.8. The maximum Gasteiger partial charge on any atom is 0.253 e. The summed E-state index contributed by atoms with van der Waals surface area (Å²) < 4.78 is 6.94. The fourth-order valence-electron chi connectivity index (χ4n) is 7.78. The fourth-order valence-corrected chi connectivity index (χ4v) is 8.02. The van der Waals surface area contributed by atoms with Gasteiger partial charge in [-0.2, -0.15) is 0 Å². The van der Waals surface area contributed by atoms with Crippen molar-refractivity contribution in [2.75, 3.05) is 24.6 Å². The third-order valence-corrected chi connectivity index (χ3v) is 10.2. The summed E-state index contributed by atoms with van der Waals surface area (Å²) in [5.74, 6) is -2.77. The highest BCUT2D eigenvalue weighted by Gasteiger charge is 2.80. The second kappa shape index (κ2) is 12.5. The first kappa shape index (κ1) is 31.9. The van der Waals surface area contributed by atoms with E-state index in [1.807, 2.05) is 51.1 Å². The van der Waals surface area contributed by atoms with Gasteiger partial charge in [0.1, 0.15) is 11.6 Å². The standard InChI is InChI=1S/C35H42ClN3O5/c1-6-18-37(21-24-14-10-9-11-15-24)31(41)28-29-32(42)39(25(8-3)22-40)30(35(29)20-23(4)34(28,5)44-35)33(43)38(19-7-2)27-17-13-12-16-26(27)36/h6-7,9-17,23,25,28-30,40H,1-2,8,18-22H2,3-5H3/t23?,25-,28+,29-,30?,34-,35?/m0/s1. The van der Waals surface area contributed by atoms with Crippen LogP contribution in [0.3, 0.4) is 0 Å².